The Morgan fingerprint density at radius 3 is 2.42 bits per heavy atom. The van der Waals surface area contributed by atoms with Crippen LogP contribution in [-0.4, -0.2) is 14.9 Å². The van der Waals surface area contributed by atoms with Gasteiger partial charge in [-0.3, -0.25) is 4.68 Å². The molecule has 0 aliphatic rings. The summed E-state index contributed by atoms with van der Waals surface area (Å²) in [5, 5.41) is 11.4. The number of rotatable bonds is 4. The van der Waals surface area contributed by atoms with Crippen LogP contribution in [0, 0.1) is 13.8 Å². The molecular weight excluding hydrogens is 316 g/mol. The third kappa shape index (κ3) is 4.43. The van der Waals surface area contributed by atoms with Gasteiger partial charge in [-0.15, -0.1) is 0 Å². The molecule has 2 aromatic carbocycles. The molecule has 0 bridgehead atoms. The van der Waals surface area contributed by atoms with Gasteiger partial charge >= 0.3 is 0 Å². The Bertz CT molecular complexity index is 819. The van der Waals surface area contributed by atoms with E-state index < -0.39 is 0 Å². The summed E-state index contributed by atoms with van der Waals surface area (Å²) in [6.45, 7) is 4.87. The molecular formula is C19H20N4S. The minimum atomic E-state index is 0.532. The number of nitrogens with zero attached hydrogens (tertiary/aromatic N) is 2. The van der Waals surface area contributed by atoms with Crippen LogP contribution in [0.5, 0.6) is 0 Å². The number of anilines is 2. The van der Waals surface area contributed by atoms with Crippen molar-refractivity contribution in [3.05, 3.63) is 77.5 Å². The van der Waals surface area contributed by atoms with Crippen LogP contribution in [0.1, 0.15) is 16.7 Å². The van der Waals surface area contributed by atoms with E-state index in [1.54, 1.807) is 0 Å². The molecule has 122 valence electrons. The van der Waals surface area contributed by atoms with Crippen molar-refractivity contribution in [2.75, 3.05) is 10.6 Å². The molecule has 5 heteroatoms. The van der Waals surface area contributed by atoms with Gasteiger partial charge in [-0.25, -0.2) is 0 Å². The maximum absolute atomic E-state index is 5.37. The van der Waals surface area contributed by atoms with Gasteiger partial charge < -0.3 is 10.6 Å². The summed E-state index contributed by atoms with van der Waals surface area (Å²) in [7, 11) is 0. The van der Waals surface area contributed by atoms with Gasteiger partial charge in [0, 0.05) is 18.0 Å². The summed E-state index contributed by atoms with van der Waals surface area (Å²) in [6.07, 6.45) is 1.94. The van der Waals surface area contributed by atoms with Gasteiger partial charge in [-0.1, -0.05) is 36.4 Å². The number of thiocarbonyl (C=S) groups is 1. The lowest BCUT2D eigenvalue weighted by atomic mass is 10.1. The summed E-state index contributed by atoms with van der Waals surface area (Å²) < 4.78 is 1.89. The van der Waals surface area contributed by atoms with Gasteiger partial charge in [0.05, 0.1) is 6.54 Å². The first-order valence-corrected chi connectivity index (χ1v) is 8.23. The molecule has 3 rings (SSSR count). The third-order valence-electron chi connectivity index (χ3n) is 3.55. The molecule has 0 saturated heterocycles. The molecule has 0 unspecified atom stereocenters. The van der Waals surface area contributed by atoms with Crippen LogP contribution in [0.2, 0.25) is 0 Å². The van der Waals surface area contributed by atoms with Gasteiger partial charge in [-0.2, -0.15) is 5.10 Å². The molecule has 24 heavy (non-hydrogen) atoms. The Morgan fingerprint density at radius 1 is 1.00 bits per heavy atom. The maximum atomic E-state index is 5.37. The van der Waals surface area contributed by atoms with Crippen molar-refractivity contribution in [3.63, 3.8) is 0 Å². The first-order chi connectivity index (χ1) is 11.6. The highest BCUT2D eigenvalue weighted by Crippen LogP contribution is 2.14. The highest BCUT2D eigenvalue weighted by Gasteiger charge is 2.04. The summed E-state index contributed by atoms with van der Waals surface area (Å²) in [5.74, 6) is 0.729. The molecule has 0 fully saturated rings. The number of hydrogen-bond donors (Lipinski definition) is 2. The van der Waals surface area contributed by atoms with Crippen LogP contribution in [0.4, 0.5) is 11.5 Å². The van der Waals surface area contributed by atoms with Crippen molar-refractivity contribution < 1.29 is 0 Å². The van der Waals surface area contributed by atoms with Gasteiger partial charge in [0.15, 0.2) is 10.9 Å². The first-order valence-electron chi connectivity index (χ1n) is 7.82. The van der Waals surface area contributed by atoms with E-state index in [1.165, 1.54) is 16.7 Å². The third-order valence-corrected chi connectivity index (χ3v) is 3.75. The number of nitrogens with one attached hydrogen (secondary N) is 2. The molecule has 0 aliphatic heterocycles. The van der Waals surface area contributed by atoms with E-state index >= 15 is 0 Å². The zero-order chi connectivity index (χ0) is 16.9. The Hall–Kier alpha value is -2.66. The quantitative estimate of drug-likeness (QED) is 0.695. The van der Waals surface area contributed by atoms with E-state index in [4.69, 9.17) is 12.2 Å². The molecule has 0 atom stereocenters. The predicted molar refractivity (Wildman–Crippen MR) is 104 cm³/mol. The number of aromatic nitrogens is 2. The second-order valence-electron chi connectivity index (χ2n) is 5.84. The highest BCUT2D eigenvalue weighted by molar-refractivity contribution is 7.80. The van der Waals surface area contributed by atoms with Crippen molar-refractivity contribution in [2.24, 2.45) is 0 Å². The van der Waals surface area contributed by atoms with E-state index in [0.29, 0.717) is 5.11 Å². The second-order valence-corrected chi connectivity index (χ2v) is 6.25. The Labute approximate surface area is 147 Å². The van der Waals surface area contributed by atoms with Crippen LogP contribution >= 0.6 is 12.2 Å². The fraction of sp³-hybridized carbons (Fsp3) is 0.158. The topological polar surface area (TPSA) is 41.9 Å². The van der Waals surface area contributed by atoms with E-state index in [2.05, 4.69) is 59.9 Å². The average Bonchev–Trinajstić information content (AvgIpc) is 2.94. The molecule has 2 N–H and O–H groups in total. The lowest BCUT2D eigenvalue weighted by Crippen LogP contribution is -2.19. The number of aryl methyl sites for hydroxylation is 2. The highest BCUT2D eigenvalue weighted by atomic mass is 32.1. The van der Waals surface area contributed by atoms with Crippen molar-refractivity contribution in [1.29, 1.82) is 0 Å². The zero-order valence-corrected chi connectivity index (χ0v) is 14.6. The summed E-state index contributed by atoms with van der Waals surface area (Å²) in [6, 6.07) is 18.4. The van der Waals surface area contributed by atoms with E-state index in [9.17, 15) is 0 Å². The summed E-state index contributed by atoms with van der Waals surface area (Å²) in [4.78, 5) is 0. The van der Waals surface area contributed by atoms with Crippen LogP contribution in [-0.2, 0) is 6.54 Å². The van der Waals surface area contributed by atoms with Gasteiger partial charge in [0.25, 0.3) is 0 Å². The van der Waals surface area contributed by atoms with Crippen LogP contribution in [0.15, 0.2) is 60.8 Å². The van der Waals surface area contributed by atoms with Gasteiger partial charge in [0.1, 0.15) is 0 Å². The first kappa shape index (κ1) is 16.2. The molecule has 0 spiro atoms. The molecule has 0 amide bonds. The van der Waals surface area contributed by atoms with Crippen molar-refractivity contribution >= 4 is 28.8 Å². The molecule has 1 heterocycles. The fourth-order valence-electron chi connectivity index (χ4n) is 2.61. The minimum absolute atomic E-state index is 0.532. The standard InChI is InChI=1S/C19H20N4S/c1-14-10-15(2)12-17(11-14)20-19(24)21-18-8-9-23(22-18)13-16-6-4-3-5-7-16/h3-12H,13H2,1-2H3,(H2,20,21,22,24). The van der Waals surface area contributed by atoms with E-state index in [0.717, 1.165) is 18.1 Å². The monoisotopic (exact) mass is 336 g/mol. The molecule has 0 radical (unpaired) electrons. The minimum Gasteiger partial charge on any atom is -0.332 e. The Balaban J connectivity index is 1.61. The van der Waals surface area contributed by atoms with Crippen molar-refractivity contribution in [1.82, 2.24) is 9.78 Å². The lowest BCUT2D eigenvalue weighted by Gasteiger charge is -2.10. The lowest BCUT2D eigenvalue weighted by molar-refractivity contribution is 0.690. The number of hydrogen-bond acceptors (Lipinski definition) is 2. The average molecular weight is 336 g/mol. The fourth-order valence-corrected chi connectivity index (χ4v) is 2.83. The Morgan fingerprint density at radius 2 is 1.71 bits per heavy atom. The SMILES string of the molecule is Cc1cc(C)cc(NC(=S)Nc2ccn(Cc3ccccc3)n2)c1. The smallest absolute Gasteiger partial charge is 0.176 e. The van der Waals surface area contributed by atoms with Crippen LogP contribution < -0.4 is 10.6 Å². The van der Waals surface area contributed by atoms with Crippen molar-refractivity contribution in [3.8, 4) is 0 Å². The van der Waals surface area contributed by atoms with Crippen LogP contribution in [0.25, 0.3) is 0 Å². The normalized spacial score (nSPS) is 10.4. The van der Waals surface area contributed by atoms with Gasteiger partial charge in [0.2, 0.25) is 0 Å². The summed E-state index contributed by atoms with van der Waals surface area (Å²) in [5.41, 5.74) is 4.59. The predicted octanol–water partition coefficient (Wildman–Crippen LogP) is 4.36. The summed E-state index contributed by atoms with van der Waals surface area (Å²) >= 11 is 5.37. The zero-order valence-electron chi connectivity index (χ0n) is 13.8. The maximum Gasteiger partial charge on any atom is 0.176 e. The van der Waals surface area contributed by atoms with E-state index in [1.807, 2.05) is 35.1 Å². The van der Waals surface area contributed by atoms with Crippen molar-refractivity contribution in [2.45, 2.75) is 20.4 Å². The molecule has 0 saturated carbocycles. The largest absolute Gasteiger partial charge is 0.332 e. The molecule has 1 aromatic heterocycles. The number of benzene rings is 2. The van der Waals surface area contributed by atoms with Gasteiger partial charge in [-0.05, 0) is 54.9 Å². The molecule has 0 aliphatic carbocycles. The van der Waals surface area contributed by atoms with E-state index in [-0.39, 0.29) is 0 Å². The molecule has 3 aromatic rings. The second kappa shape index (κ2) is 7.27. The molecule has 4 nitrogen and oxygen atoms in total. The Kier molecular flexibility index (Phi) is 4.91. The van der Waals surface area contributed by atoms with Crippen LogP contribution in [0.3, 0.4) is 0 Å².